The Bertz CT molecular complexity index is 890. The molecule has 0 aliphatic carbocycles. The first-order chi connectivity index (χ1) is 14.6. The molecular formula is C23H27N3O4. The number of ether oxygens (including phenoxy) is 2. The standard InChI is InChI=1S/C23H27N3O4/c1-29-20-7-3-18(4-8-20)24-11-13-25(14-12-24)23(28)17-15-22(27)26(16-17)19-5-9-21(30-2)10-6-19/h3-10,17H,11-16H2,1-2H3. The first-order valence-corrected chi connectivity index (χ1v) is 10.2. The molecule has 2 aliphatic heterocycles. The number of piperazine rings is 1. The maximum Gasteiger partial charge on any atom is 0.228 e. The van der Waals surface area contributed by atoms with Crippen LogP contribution in [0, 0.1) is 5.92 Å². The largest absolute Gasteiger partial charge is 0.497 e. The van der Waals surface area contributed by atoms with Crippen molar-refractivity contribution in [1.82, 2.24) is 4.90 Å². The minimum absolute atomic E-state index is 0.00427. The van der Waals surface area contributed by atoms with Gasteiger partial charge in [0.1, 0.15) is 11.5 Å². The molecule has 0 bridgehead atoms. The number of amides is 2. The molecule has 0 aromatic heterocycles. The highest BCUT2D eigenvalue weighted by Crippen LogP contribution is 2.28. The van der Waals surface area contributed by atoms with Crippen molar-refractivity contribution in [1.29, 1.82) is 0 Å². The van der Waals surface area contributed by atoms with Crippen LogP contribution in [0.15, 0.2) is 48.5 Å². The molecule has 2 aliphatic rings. The molecule has 0 radical (unpaired) electrons. The average molecular weight is 409 g/mol. The molecule has 0 saturated carbocycles. The van der Waals surface area contributed by atoms with E-state index in [1.54, 1.807) is 19.1 Å². The van der Waals surface area contributed by atoms with E-state index in [4.69, 9.17) is 9.47 Å². The predicted molar refractivity (Wildman–Crippen MR) is 115 cm³/mol. The van der Waals surface area contributed by atoms with Crippen LogP contribution < -0.4 is 19.3 Å². The van der Waals surface area contributed by atoms with Gasteiger partial charge in [-0.25, -0.2) is 0 Å². The quantitative estimate of drug-likeness (QED) is 0.759. The number of rotatable bonds is 5. The molecule has 0 spiro atoms. The molecule has 0 N–H and O–H groups in total. The van der Waals surface area contributed by atoms with Crippen molar-refractivity contribution >= 4 is 23.2 Å². The number of carbonyl (C=O) groups excluding carboxylic acids is 2. The zero-order valence-corrected chi connectivity index (χ0v) is 17.4. The zero-order valence-electron chi connectivity index (χ0n) is 17.4. The normalized spacial score (nSPS) is 19.2. The molecule has 2 aromatic carbocycles. The summed E-state index contributed by atoms with van der Waals surface area (Å²) in [6.45, 7) is 3.32. The highest BCUT2D eigenvalue weighted by atomic mass is 16.5. The van der Waals surface area contributed by atoms with E-state index in [0.29, 0.717) is 19.6 Å². The van der Waals surface area contributed by atoms with Crippen molar-refractivity contribution in [2.45, 2.75) is 6.42 Å². The molecule has 2 heterocycles. The second-order valence-electron chi connectivity index (χ2n) is 7.61. The maximum atomic E-state index is 13.0. The van der Waals surface area contributed by atoms with E-state index in [2.05, 4.69) is 4.90 Å². The van der Waals surface area contributed by atoms with Gasteiger partial charge in [0, 0.05) is 50.5 Å². The molecule has 4 rings (SSSR count). The Balaban J connectivity index is 1.34. The fourth-order valence-electron chi connectivity index (χ4n) is 4.12. The summed E-state index contributed by atoms with van der Waals surface area (Å²) >= 11 is 0. The van der Waals surface area contributed by atoms with Gasteiger partial charge in [-0.1, -0.05) is 0 Å². The summed E-state index contributed by atoms with van der Waals surface area (Å²) < 4.78 is 10.4. The summed E-state index contributed by atoms with van der Waals surface area (Å²) in [5, 5.41) is 0. The Hall–Kier alpha value is -3.22. The van der Waals surface area contributed by atoms with Gasteiger partial charge in [-0.05, 0) is 48.5 Å². The smallest absolute Gasteiger partial charge is 0.228 e. The fourth-order valence-corrected chi connectivity index (χ4v) is 4.12. The Morgan fingerprint density at radius 3 is 1.90 bits per heavy atom. The van der Waals surface area contributed by atoms with Crippen LogP contribution in [-0.2, 0) is 9.59 Å². The molecule has 7 heteroatoms. The topological polar surface area (TPSA) is 62.3 Å². The summed E-state index contributed by atoms with van der Waals surface area (Å²) in [5.41, 5.74) is 1.94. The van der Waals surface area contributed by atoms with E-state index >= 15 is 0 Å². The number of methoxy groups -OCH3 is 2. The second kappa shape index (κ2) is 8.65. The molecular weight excluding hydrogens is 382 g/mol. The van der Waals surface area contributed by atoms with Crippen LogP contribution in [0.3, 0.4) is 0 Å². The molecule has 30 heavy (non-hydrogen) atoms. The lowest BCUT2D eigenvalue weighted by Crippen LogP contribution is -2.50. The maximum absolute atomic E-state index is 13.0. The minimum atomic E-state index is -0.285. The van der Waals surface area contributed by atoms with E-state index < -0.39 is 0 Å². The van der Waals surface area contributed by atoms with Gasteiger partial charge in [0.25, 0.3) is 0 Å². The summed E-state index contributed by atoms with van der Waals surface area (Å²) in [7, 11) is 3.27. The summed E-state index contributed by atoms with van der Waals surface area (Å²) in [4.78, 5) is 31.4. The van der Waals surface area contributed by atoms with E-state index in [1.807, 2.05) is 53.4 Å². The predicted octanol–water partition coefficient (Wildman–Crippen LogP) is 2.41. The van der Waals surface area contributed by atoms with Gasteiger partial charge in [0.2, 0.25) is 11.8 Å². The molecule has 1 unspecified atom stereocenters. The van der Waals surface area contributed by atoms with Crippen LogP contribution in [0.5, 0.6) is 11.5 Å². The van der Waals surface area contributed by atoms with Crippen LogP contribution in [0.25, 0.3) is 0 Å². The van der Waals surface area contributed by atoms with Gasteiger partial charge >= 0.3 is 0 Å². The van der Waals surface area contributed by atoms with Crippen LogP contribution in [0.1, 0.15) is 6.42 Å². The molecule has 2 fully saturated rings. The lowest BCUT2D eigenvalue weighted by Gasteiger charge is -2.37. The van der Waals surface area contributed by atoms with Crippen LogP contribution in [0.4, 0.5) is 11.4 Å². The van der Waals surface area contributed by atoms with E-state index in [0.717, 1.165) is 36.0 Å². The molecule has 158 valence electrons. The van der Waals surface area contributed by atoms with Crippen molar-refractivity contribution in [3.63, 3.8) is 0 Å². The molecule has 2 aromatic rings. The van der Waals surface area contributed by atoms with Crippen molar-refractivity contribution in [3.05, 3.63) is 48.5 Å². The van der Waals surface area contributed by atoms with Crippen molar-refractivity contribution in [2.75, 3.05) is 56.7 Å². The summed E-state index contributed by atoms with van der Waals surface area (Å²) in [5.74, 6) is 1.36. The third kappa shape index (κ3) is 4.06. The Morgan fingerprint density at radius 2 is 1.37 bits per heavy atom. The van der Waals surface area contributed by atoms with Crippen LogP contribution in [0.2, 0.25) is 0 Å². The van der Waals surface area contributed by atoms with Crippen molar-refractivity contribution < 1.29 is 19.1 Å². The highest BCUT2D eigenvalue weighted by Gasteiger charge is 2.38. The molecule has 7 nitrogen and oxygen atoms in total. The summed E-state index contributed by atoms with van der Waals surface area (Å²) in [6.07, 6.45) is 0.267. The van der Waals surface area contributed by atoms with Gasteiger partial charge in [0.05, 0.1) is 20.1 Å². The molecule has 2 saturated heterocycles. The van der Waals surface area contributed by atoms with Gasteiger partial charge in [-0.2, -0.15) is 0 Å². The number of nitrogens with zero attached hydrogens (tertiary/aromatic N) is 3. The lowest BCUT2D eigenvalue weighted by atomic mass is 10.1. The fraction of sp³-hybridized carbons (Fsp3) is 0.391. The van der Waals surface area contributed by atoms with Gasteiger partial charge < -0.3 is 24.2 Å². The molecule has 2 amide bonds. The van der Waals surface area contributed by atoms with E-state index in [9.17, 15) is 9.59 Å². The van der Waals surface area contributed by atoms with Gasteiger partial charge in [-0.15, -0.1) is 0 Å². The van der Waals surface area contributed by atoms with Crippen molar-refractivity contribution in [3.8, 4) is 11.5 Å². The highest BCUT2D eigenvalue weighted by molar-refractivity contribution is 6.00. The Morgan fingerprint density at radius 1 is 0.833 bits per heavy atom. The van der Waals surface area contributed by atoms with E-state index in [-0.39, 0.29) is 24.2 Å². The number of benzene rings is 2. The first-order valence-electron chi connectivity index (χ1n) is 10.2. The van der Waals surface area contributed by atoms with Gasteiger partial charge in [0.15, 0.2) is 0 Å². The van der Waals surface area contributed by atoms with Crippen LogP contribution in [-0.4, -0.2) is 63.7 Å². The average Bonchev–Trinajstić information content (AvgIpc) is 3.20. The Kier molecular flexibility index (Phi) is 5.79. The number of anilines is 2. The summed E-state index contributed by atoms with van der Waals surface area (Å²) in [6, 6.07) is 15.4. The van der Waals surface area contributed by atoms with Crippen molar-refractivity contribution in [2.24, 2.45) is 5.92 Å². The second-order valence-corrected chi connectivity index (χ2v) is 7.61. The number of hydrogen-bond donors (Lipinski definition) is 0. The number of hydrogen-bond acceptors (Lipinski definition) is 5. The third-order valence-corrected chi connectivity index (χ3v) is 5.89. The first kappa shape index (κ1) is 20.1. The minimum Gasteiger partial charge on any atom is -0.497 e. The number of carbonyl (C=O) groups is 2. The van der Waals surface area contributed by atoms with Crippen LogP contribution >= 0.6 is 0 Å². The molecule has 1 atom stereocenters. The monoisotopic (exact) mass is 409 g/mol. The van der Waals surface area contributed by atoms with E-state index in [1.165, 1.54) is 0 Å². The Labute approximate surface area is 176 Å². The zero-order chi connectivity index (χ0) is 21.1. The van der Waals surface area contributed by atoms with Gasteiger partial charge in [-0.3, -0.25) is 9.59 Å². The third-order valence-electron chi connectivity index (χ3n) is 5.89. The SMILES string of the molecule is COc1ccc(N2CCN(C(=O)C3CC(=O)N(c4ccc(OC)cc4)C3)CC2)cc1. The lowest BCUT2D eigenvalue weighted by molar-refractivity contribution is -0.136.